The number of rotatable bonds is 6. The molecule has 0 radical (unpaired) electrons. The van der Waals surface area contributed by atoms with Crippen molar-refractivity contribution in [3.8, 4) is 0 Å². The fourth-order valence-electron chi connectivity index (χ4n) is 4.14. The molecule has 0 unspecified atom stereocenters. The minimum absolute atomic E-state index is 0.293. The maximum atomic E-state index is 8.68. The van der Waals surface area contributed by atoms with Crippen molar-refractivity contribution in [2.45, 2.75) is 32.7 Å². The second-order valence-electron chi connectivity index (χ2n) is 8.43. The minimum Gasteiger partial charge on any atom is -0.350 e. The molecule has 2 aromatic heterocycles. The topological polar surface area (TPSA) is 89.8 Å². The number of benzene rings is 1. The molecule has 0 atom stereocenters. The predicted octanol–water partition coefficient (Wildman–Crippen LogP) is 3.40. The Morgan fingerprint density at radius 1 is 1.06 bits per heavy atom. The van der Waals surface area contributed by atoms with Crippen molar-refractivity contribution in [3.05, 3.63) is 47.7 Å². The van der Waals surface area contributed by atoms with Gasteiger partial charge in [0.2, 0.25) is 0 Å². The number of amidine groups is 1. The molecular weight excluding hydrogens is 420 g/mol. The summed E-state index contributed by atoms with van der Waals surface area (Å²) in [6.45, 7) is 6.48. The highest BCUT2D eigenvalue weighted by Crippen LogP contribution is 2.24. The lowest BCUT2D eigenvalue weighted by molar-refractivity contribution is 0.217. The lowest BCUT2D eigenvalue weighted by Crippen LogP contribution is -2.46. The lowest BCUT2D eigenvalue weighted by Gasteiger charge is -2.33. The molecule has 1 aliphatic rings. The van der Waals surface area contributed by atoms with Crippen LogP contribution in [0.15, 0.2) is 30.5 Å². The van der Waals surface area contributed by atoms with Crippen LogP contribution in [0, 0.1) is 10.8 Å². The first-order valence-electron chi connectivity index (χ1n) is 11.2. The molecule has 1 aromatic carbocycles. The zero-order valence-electron chi connectivity index (χ0n) is 19.1. The summed E-state index contributed by atoms with van der Waals surface area (Å²) in [5.41, 5.74) is 2.41. The third kappa shape index (κ3) is 4.73. The number of likely N-dealkylation sites (N-methyl/N-ethyl adjacent to an activating group) is 1. The van der Waals surface area contributed by atoms with Crippen molar-refractivity contribution < 1.29 is 0 Å². The Kier molecular flexibility index (Phi) is 6.95. The molecule has 32 heavy (non-hydrogen) atoms. The molecule has 4 rings (SSSR count). The van der Waals surface area contributed by atoms with E-state index in [1.807, 2.05) is 4.90 Å². The number of thioether (sulfide) groups is 1. The van der Waals surface area contributed by atoms with E-state index in [0.29, 0.717) is 22.5 Å². The quantitative estimate of drug-likeness (QED) is 0.442. The molecule has 0 spiro atoms. The van der Waals surface area contributed by atoms with Crippen molar-refractivity contribution in [1.29, 1.82) is 10.8 Å². The van der Waals surface area contributed by atoms with Gasteiger partial charge in [-0.3, -0.25) is 10.8 Å². The van der Waals surface area contributed by atoms with E-state index in [9.17, 15) is 0 Å². The number of fused-ring (bicyclic) bond motifs is 1. The molecule has 2 N–H and O–H groups in total. The van der Waals surface area contributed by atoms with Crippen LogP contribution in [0.5, 0.6) is 0 Å². The fourth-order valence-corrected chi connectivity index (χ4v) is 4.89. The number of para-hydroxylation sites is 1. The van der Waals surface area contributed by atoms with Gasteiger partial charge in [-0.2, -0.15) is 0 Å². The van der Waals surface area contributed by atoms with E-state index >= 15 is 0 Å². The van der Waals surface area contributed by atoms with Gasteiger partial charge in [-0.15, -0.1) is 10.2 Å². The molecule has 0 saturated carbocycles. The number of hydrogen-bond donors (Lipinski definition) is 2. The van der Waals surface area contributed by atoms with E-state index in [1.54, 1.807) is 0 Å². The Hall–Kier alpha value is -2.65. The summed E-state index contributed by atoms with van der Waals surface area (Å²) in [4.78, 5) is 4.31. The minimum atomic E-state index is 0.293. The first-order valence-corrected chi connectivity index (χ1v) is 12.0. The number of aryl methyl sites for hydroxylation is 1. The van der Waals surface area contributed by atoms with Gasteiger partial charge in [-0.25, -0.2) is 0 Å². The van der Waals surface area contributed by atoms with Crippen molar-refractivity contribution in [2.24, 2.45) is 7.05 Å². The van der Waals surface area contributed by atoms with Crippen LogP contribution in [0.4, 0.5) is 0 Å². The number of piperazine rings is 1. The van der Waals surface area contributed by atoms with Crippen LogP contribution >= 0.6 is 11.8 Å². The first kappa shape index (κ1) is 22.5. The summed E-state index contributed by atoms with van der Waals surface area (Å²) in [5.74, 6) is 1.44. The Bertz CT molecular complexity index is 1110. The Balaban J connectivity index is 1.55. The molecule has 1 saturated heterocycles. The average molecular weight is 453 g/mol. The standard InChI is InChI=1S/C23H32N8S/c1-4-5-10-31-20(15-17-16-29(3)19-9-7-6-8-18(17)19)26-27-22(31)21(24)32-23(25)30-13-11-28(2)12-14-30/h6-9,16,24-25H,4-5,10-15H2,1-3H3. The van der Waals surface area contributed by atoms with Gasteiger partial charge in [0.25, 0.3) is 0 Å². The molecule has 0 amide bonds. The van der Waals surface area contributed by atoms with Gasteiger partial charge in [0.05, 0.1) is 0 Å². The molecule has 1 aliphatic heterocycles. The largest absolute Gasteiger partial charge is 0.350 e. The van der Waals surface area contributed by atoms with Gasteiger partial charge >= 0.3 is 0 Å². The molecule has 8 nitrogen and oxygen atoms in total. The van der Waals surface area contributed by atoms with E-state index in [2.05, 4.69) is 75.7 Å². The smallest absolute Gasteiger partial charge is 0.189 e. The van der Waals surface area contributed by atoms with Gasteiger partial charge in [-0.05, 0) is 36.9 Å². The lowest BCUT2D eigenvalue weighted by atomic mass is 10.1. The average Bonchev–Trinajstić information content (AvgIpc) is 3.34. The monoisotopic (exact) mass is 452 g/mol. The second-order valence-corrected chi connectivity index (χ2v) is 9.43. The number of unbranched alkanes of at least 4 members (excludes halogenated alkanes) is 1. The second kappa shape index (κ2) is 9.87. The number of nitrogens with one attached hydrogen (secondary N) is 2. The van der Waals surface area contributed by atoms with Gasteiger partial charge in [0.15, 0.2) is 11.0 Å². The Morgan fingerprint density at radius 2 is 1.81 bits per heavy atom. The zero-order valence-corrected chi connectivity index (χ0v) is 20.0. The summed E-state index contributed by atoms with van der Waals surface area (Å²) in [6, 6.07) is 8.40. The summed E-state index contributed by atoms with van der Waals surface area (Å²) < 4.78 is 4.23. The predicted molar refractivity (Wildman–Crippen MR) is 132 cm³/mol. The van der Waals surface area contributed by atoms with Gasteiger partial charge in [-0.1, -0.05) is 31.5 Å². The molecule has 9 heteroatoms. The summed E-state index contributed by atoms with van der Waals surface area (Å²) in [5, 5.41) is 28.0. The van der Waals surface area contributed by atoms with E-state index in [0.717, 1.165) is 51.4 Å². The van der Waals surface area contributed by atoms with Gasteiger partial charge in [0.1, 0.15) is 10.9 Å². The fraction of sp³-hybridized carbons (Fsp3) is 0.478. The van der Waals surface area contributed by atoms with Crippen LogP contribution < -0.4 is 0 Å². The van der Waals surface area contributed by atoms with Gasteiger partial charge in [0, 0.05) is 63.3 Å². The van der Waals surface area contributed by atoms with Crippen LogP contribution in [0.3, 0.4) is 0 Å². The number of nitrogens with zero attached hydrogens (tertiary/aromatic N) is 6. The molecule has 3 aromatic rings. The molecule has 0 bridgehead atoms. The molecular formula is C23H32N8S. The van der Waals surface area contributed by atoms with Crippen molar-refractivity contribution in [1.82, 2.24) is 29.1 Å². The van der Waals surface area contributed by atoms with Crippen LogP contribution in [-0.4, -0.2) is 72.6 Å². The highest BCUT2D eigenvalue weighted by Gasteiger charge is 2.23. The van der Waals surface area contributed by atoms with Crippen molar-refractivity contribution in [2.75, 3.05) is 33.2 Å². The van der Waals surface area contributed by atoms with E-state index in [1.165, 1.54) is 28.2 Å². The maximum Gasteiger partial charge on any atom is 0.189 e. The normalized spacial score (nSPS) is 14.9. The van der Waals surface area contributed by atoms with E-state index in [-0.39, 0.29) is 0 Å². The third-order valence-electron chi connectivity index (χ3n) is 6.08. The van der Waals surface area contributed by atoms with Crippen LogP contribution in [-0.2, 0) is 20.0 Å². The van der Waals surface area contributed by atoms with Crippen molar-refractivity contribution in [3.63, 3.8) is 0 Å². The van der Waals surface area contributed by atoms with E-state index < -0.39 is 0 Å². The zero-order chi connectivity index (χ0) is 22.7. The van der Waals surface area contributed by atoms with Crippen LogP contribution in [0.2, 0.25) is 0 Å². The summed E-state index contributed by atoms with van der Waals surface area (Å²) >= 11 is 1.18. The molecule has 1 fully saturated rings. The molecule has 0 aliphatic carbocycles. The highest BCUT2D eigenvalue weighted by molar-refractivity contribution is 8.26. The van der Waals surface area contributed by atoms with Crippen molar-refractivity contribution >= 4 is 32.9 Å². The summed E-state index contributed by atoms with van der Waals surface area (Å²) in [7, 11) is 4.17. The number of aromatic nitrogens is 4. The first-order chi connectivity index (χ1) is 15.5. The van der Waals surface area contributed by atoms with Gasteiger partial charge < -0.3 is 18.9 Å². The van der Waals surface area contributed by atoms with Crippen LogP contribution in [0.1, 0.15) is 37.0 Å². The molecule has 170 valence electrons. The Morgan fingerprint density at radius 3 is 2.56 bits per heavy atom. The highest BCUT2D eigenvalue weighted by atomic mass is 32.2. The third-order valence-corrected chi connectivity index (χ3v) is 6.92. The van der Waals surface area contributed by atoms with Crippen LogP contribution in [0.25, 0.3) is 10.9 Å². The SMILES string of the molecule is CCCCn1c(Cc2cn(C)c3ccccc23)nnc1C(=N)SC(=N)N1CCN(C)CC1. The summed E-state index contributed by atoms with van der Waals surface area (Å²) in [6.07, 6.45) is 4.89. The molecule has 3 heterocycles. The van der Waals surface area contributed by atoms with E-state index in [4.69, 9.17) is 10.8 Å². The number of hydrogen-bond acceptors (Lipinski definition) is 6. The Labute approximate surface area is 193 Å². The maximum absolute atomic E-state index is 8.68.